The van der Waals surface area contributed by atoms with Crippen LogP contribution in [0, 0.1) is 11.8 Å². The van der Waals surface area contributed by atoms with Gasteiger partial charge in [0, 0.05) is 26.3 Å². The molecular formula is C13H19N3O3. The number of aliphatic hydroxyl groups excluding tert-OH is 1. The van der Waals surface area contributed by atoms with Gasteiger partial charge in [0.05, 0.1) is 0 Å². The number of aryl methyl sites for hydroxylation is 1. The van der Waals surface area contributed by atoms with Crippen LogP contribution in [0.4, 0.5) is 0 Å². The van der Waals surface area contributed by atoms with E-state index in [-0.39, 0.29) is 29.7 Å². The number of amides is 1. The van der Waals surface area contributed by atoms with Crippen LogP contribution in [-0.2, 0) is 7.05 Å². The minimum atomic E-state index is -0.279. The molecule has 1 amide bonds. The number of aromatic nitrogens is 2. The standard InChI is InChI=1S/C13H19N3O3/c1-16-12(18)6-5-11(15-16)13(19)14-7-9-3-2-4-10(9)8-17/h5-6,9-10,17H,2-4,7-8H2,1H3,(H,14,19). The van der Waals surface area contributed by atoms with E-state index in [9.17, 15) is 14.7 Å². The Bertz CT molecular complexity index is 512. The Balaban J connectivity index is 1.94. The summed E-state index contributed by atoms with van der Waals surface area (Å²) < 4.78 is 1.14. The summed E-state index contributed by atoms with van der Waals surface area (Å²) in [6.07, 6.45) is 3.16. The molecule has 1 fully saturated rings. The minimum absolute atomic E-state index is 0.179. The lowest BCUT2D eigenvalue weighted by Crippen LogP contribution is -2.33. The predicted octanol–water partition coefficient (Wildman–Crippen LogP) is -0.0813. The summed E-state index contributed by atoms with van der Waals surface area (Å²) in [4.78, 5) is 23.1. The molecule has 0 radical (unpaired) electrons. The minimum Gasteiger partial charge on any atom is -0.396 e. The van der Waals surface area contributed by atoms with E-state index in [1.54, 1.807) is 0 Å². The summed E-state index contributed by atoms with van der Waals surface area (Å²) in [6, 6.07) is 2.75. The highest BCUT2D eigenvalue weighted by Gasteiger charge is 2.26. The van der Waals surface area contributed by atoms with E-state index in [0.29, 0.717) is 12.5 Å². The monoisotopic (exact) mass is 265 g/mol. The van der Waals surface area contributed by atoms with Crippen LogP contribution in [0.15, 0.2) is 16.9 Å². The zero-order valence-electron chi connectivity index (χ0n) is 11.0. The molecule has 6 nitrogen and oxygen atoms in total. The highest BCUT2D eigenvalue weighted by Crippen LogP contribution is 2.30. The molecule has 1 aliphatic rings. The van der Waals surface area contributed by atoms with E-state index in [1.165, 1.54) is 19.2 Å². The second-order valence-electron chi connectivity index (χ2n) is 5.02. The summed E-state index contributed by atoms with van der Waals surface area (Å²) in [5.41, 5.74) is -0.00617. The Labute approximate surface area is 111 Å². The van der Waals surface area contributed by atoms with Crippen molar-refractivity contribution in [2.45, 2.75) is 19.3 Å². The molecular weight excluding hydrogens is 246 g/mol. The lowest BCUT2D eigenvalue weighted by molar-refractivity contribution is 0.0930. The molecule has 0 bridgehead atoms. The van der Waals surface area contributed by atoms with E-state index in [0.717, 1.165) is 23.9 Å². The number of aliphatic hydroxyl groups is 1. The average Bonchev–Trinajstić information content (AvgIpc) is 2.86. The fraction of sp³-hybridized carbons (Fsp3) is 0.615. The molecule has 2 unspecified atom stereocenters. The van der Waals surface area contributed by atoms with E-state index < -0.39 is 0 Å². The number of nitrogens with one attached hydrogen (secondary N) is 1. The van der Waals surface area contributed by atoms with Crippen LogP contribution >= 0.6 is 0 Å². The first kappa shape index (κ1) is 13.7. The SMILES string of the molecule is Cn1nc(C(=O)NCC2CCCC2CO)ccc1=O. The Morgan fingerprint density at radius 2 is 2.21 bits per heavy atom. The molecule has 2 atom stereocenters. The maximum atomic E-state index is 11.9. The number of hydrogen-bond donors (Lipinski definition) is 2. The Kier molecular flexibility index (Phi) is 4.31. The first-order valence-corrected chi connectivity index (χ1v) is 6.55. The van der Waals surface area contributed by atoms with Crippen molar-refractivity contribution in [2.24, 2.45) is 18.9 Å². The van der Waals surface area contributed by atoms with Crippen LogP contribution in [0.5, 0.6) is 0 Å². The number of nitrogens with zero attached hydrogens (tertiary/aromatic N) is 2. The first-order valence-electron chi connectivity index (χ1n) is 6.55. The maximum Gasteiger partial charge on any atom is 0.271 e. The van der Waals surface area contributed by atoms with Gasteiger partial charge in [-0.15, -0.1) is 0 Å². The van der Waals surface area contributed by atoms with Crippen LogP contribution in [0.2, 0.25) is 0 Å². The zero-order valence-corrected chi connectivity index (χ0v) is 11.0. The van der Waals surface area contributed by atoms with Gasteiger partial charge >= 0.3 is 0 Å². The second-order valence-corrected chi connectivity index (χ2v) is 5.02. The Morgan fingerprint density at radius 3 is 2.89 bits per heavy atom. The molecule has 2 N–H and O–H groups in total. The van der Waals surface area contributed by atoms with Gasteiger partial charge in [-0.1, -0.05) is 6.42 Å². The van der Waals surface area contributed by atoms with E-state index in [4.69, 9.17) is 0 Å². The van der Waals surface area contributed by atoms with E-state index in [2.05, 4.69) is 10.4 Å². The maximum absolute atomic E-state index is 11.9. The predicted molar refractivity (Wildman–Crippen MR) is 69.7 cm³/mol. The van der Waals surface area contributed by atoms with Gasteiger partial charge in [-0.05, 0) is 30.7 Å². The van der Waals surface area contributed by atoms with Crippen molar-refractivity contribution in [3.8, 4) is 0 Å². The molecule has 1 aromatic heterocycles. The molecule has 19 heavy (non-hydrogen) atoms. The summed E-state index contributed by atoms with van der Waals surface area (Å²) in [5.74, 6) is 0.342. The van der Waals surface area contributed by atoms with Crippen LogP contribution in [-0.4, -0.2) is 33.9 Å². The van der Waals surface area contributed by atoms with Gasteiger partial charge in [0.1, 0.15) is 5.69 Å². The van der Waals surface area contributed by atoms with Gasteiger partial charge in [0.25, 0.3) is 11.5 Å². The van der Waals surface area contributed by atoms with Crippen molar-refractivity contribution in [2.75, 3.05) is 13.2 Å². The molecule has 104 valence electrons. The number of carbonyl (C=O) groups is 1. The summed E-state index contributed by atoms with van der Waals surface area (Å²) in [5, 5.41) is 15.9. The summed E-state index contributed by atoms with van der Waals surface area (Å²) in [6.45, 7) is 0.729. The number of carbonyl (C=O) groups excluding carboxylic acids is 1. The lowest BCUT2D eigenvalue weighted by atomic mass is 9.97. The Hall–Kier alpha value is -1.69. The molecule has 0 saturated heterocycles. The normalized spacial score (nSPS) is 22.4. The van der Waals surface area contributed by atoms with Crippen molar-refractivity contribution in [1.29, 1.82) is 0 Å². The highest BCUT2D eigenvalue weighted by atomic mass is 16.3. The van der Waals surface area contributed by atoms with E-state index >= 15 is 0 Å². The quantitative estimate of drug-likeness (QED) is 0.797. The van der Waals surface area contributed by atoms with Gasteiger partial charge in [0.2, 0.25) is 0 Å². The molecule has 1 heterocycles. The van der Waals surface area contributed by atoms with Gasteiger partial charge in [-0.3, -0.25) is 9.59 Å². The molecule has 0 spiro atoms. The van der Waals surface area contributed by atoms with Gasteiger partial charge in [-0.2, -0.15) is 5.10 Å². The third kappa shape index (κ3) is 3.20. The first-order chi connectivity index (χ1) is 9.11. The van der Waals surface area contributed by atoms with E-state index in [1.807, 2.05) is 0 Å². The van der Waals surface area contributed by atoms with Crippen LogP contribution < -0.4 is 10.9 Å². The molecule has 2 rings (SSSR count). The Morgan fingerprint density at radius 1 is 1.47 bits per heavy atom. The van der Waals surface area contributed by atoms with Crippen molar-refractivity contribution in [1.82, 2.24) is 15.1 Å². The van der Waals surface area contributed by atoms with Crippen molar-refractivity contribution < 1.29 is 9.90 Å². The van der Waals surface area contributed by atoms with Crippen LogP contribution in [0.25, 0.3) is 0 Å². The smallest absolute Gasteiger partial charge is 0.271 e. The van der Waals surface area contributed by atoms with Crippen LogP contribution in [0.3, 0.4) is 0 Å². The molecule has 0 aromatic carbocycles. The topological polar surface area (TPSA) is 84.2 Å². The summed E-state index contributed by atoms with van der Waals surface area (Å²) >= 11 is 0. The molecule has 1 aromatic rings. The molecule has 0 aliphatic heterocycles. The zero-order chi connectivity index (χ0) is 13.8. The lowest BCUT2D eigenvalue weighted by Gasteiger charge is -2.17. The van der Waals surface area contributed by atoms with Gasteiger partial charge in [-0.25, -0.2) is 4.68 Å². The third-order valence-corrected chi connectivity index (χ3v) is 3.77. The van der Waals surface area contributed by atoms with Gasteiger partial charge < -0.3 is 10.4 Å². The number of rotatable bonds is 4. The number of hydrogen-bond acceptors (Lipinski definition) is 4. The molecule has 6 heteroatoms. The fourth-order valence-electron chi connectivity index (χ4n) is 2.56. The largest absolute Gasteiger partial charge is 0.396 e. The average molecular weight is 265 g/mol. The molecule has 1 saturated carbocycles. The van der Waals surface area contributed by atoms with Crippen molar-refractivity contribution in [3.05, 3.63) is 28.2 Å². The highest BCUT2D eigenvalue weighted by molar-refractivity contribution is 5.91. The van der Waals surface area contributed by atoms with Crippen molar-refractivity contribution in [3.63, 3.8) is 0 Å². The second kappa shape index (κ2) is 5.97. The van der Waals surface area contributed by atoms with Gasteiger partial charge in [0.15, 0.2) is 0 Å². The molecule has 1 aliphatic carbocycles. The third-order valence-electron chi connectivity index (χ3n) is 3.77. The fourth-order valence-corrected chi connectivity index (χ4v) is 2.56. The summed E-state index contributed by atoms with van der Waals surface area (Å²) in [7, 11) is 1.51. The van der Waals surface area contributed by atoms with Crippen LogP contribution in [0.1, 0.15) is 29.8 Å². The van der Waals surface area contributed by atoms with Crippen molar-refractivity contribution >= 4 is 5.91 Å².